The Balaban J connectivity index is 1.43. The van der Waals surface area contributed by atoms with Gasteiger partial charge in [0.05, 0.1) is 27.9 Å². The van der Waals surface area contributed by atoms with Crippen LogP contribution in [0.2, 0.25) is 0 Å². The molecule has 0 saturated heterocycles. The molecule has 2 aromatic heterocycles. The second-order valence-electron chi connectivity index (χ2n) is 6.53. The molecule has 4 rings (SSSR count). The summed E-state index contributed by atoms with van der Waals surface area (Å²) in [6.07, 6.45) is 0. The van der Waals surface area contributed by atoms with Gasteiger partial charge >= 0.3 is 5.97 Å². The largest absolute Gasteiger partial charge is 0.494 e. The number of rotatable bonds is 6. The number of aryl methyl sites for hydroxylation is 1. The monoisotopic (exact) mass is 421 g/mol. The van der Waals surface area contributed by atoms with E-state index in [1.54, 1.807) is 19.1 Å². The SMILES string of the molecule is CCOc1ccc2nc(NC(=O)COC(=O)c3cc(C)nc4ccccc34)sc2c1. The summed E-state index contributed by atoms with van der Waals surface area (Å²) >= 11 is 1.33. The fraction of sp³-hybridized carbons (Fsp3) is 0.182. The number of nitrogens with one attached hydrogen (secondary N) is 1. The van der Waals surface area contributed by atoms with E-state index in [0.29, 0.717) is 33.9 Å². The van der Waals surface area contributed by atoms with E-state index < -0.39 is 18.5 Å². The van der Waals surface area contributed by atoms with Crippen LogP contribution in [-0.4, -0.2) is 35.1 Å². The van der Waals surface area contributed by atoms with Crippen molar-refractivity contribution in [2.45, 2.75) is 13.8 Å². The van der Waals surface area contributed by atoms with Crippen molar-refractivity contribution in [3.63, 3.8) is 0 Å². The first kappa shape index (κ1) is 19.8. The van der Waals surface area contributed by atoms with Crippen LogP contribution in [0.1, 0.15) is 23.0 Å². The van der Waals surface area contributed by atoms with Crippen LogP contribution in [0.15, 0.2) is 48.5 Å². The maximum atomic E-state index is 12.6. The highest BCUT2D eigenvalue weighted by Gasteiger charge is 2.16. The zero-order valence-electron chi connectivity index (χ0n) is 16.5. The van der Waals surface area contributed by atoms with Crippen molar-refractivity contribution in [3.8, 4) is 5.75 Å². The van der Waals surface area contributed by atoms with Crippen molar-refractivity contribution in [2.75, 3.05) is 18.5 Å². The third kappa shape index (κ3) is 4.23. The molecule has 0 unspecified atom stereocenters. The molecule has 0 bridgehead atoms. The Morgan fingerprint density at radius 1 is 1.07 bits per heavy atom. The van der Waals surface area contributed by atoms with Gasteiger partial charge in [-0.25, -0.2) is 9.78 Å². The number of benzene rings is 2. The molecular weight excluding hydrogens is 402 g/mol. The molecule has 1 N–H and O–H groups in total. The highest BCUT2D eigenvalue weighted by atomic mass is 32.1. The topological polar surface area (TPSA) is 90.4 Å². The highest BCUT2D eigenvalue weighted by Crippen LogP contribution is 2.29. The van der Waals surface area contributed by atoms with E-state index >= 15 is 0 Å². The third-order valence-corrected chi connectivity index (χ3v) is 5.25. The summed E-state index contributed by atoms with van der Waals surface area (Å²) in [5.41, 5.74) is 2.55. The molecule has 2 heterocycles. The average molecular weight is 421 g/mol. The van der Waals surface area contributed by atoms with E-state index in [1.165, 1.54) is 11.3 Å². The molecule has 0 spiro atoms. The first-order chi connectivity index (χ1) is 14.5. The molecule has 8 heteroatoms. The van der Waals surface area contributed by atoms with Crippen LogP contribution in [0.4, 0.5) is 5.13 Å². The number of hydrogen-bond acceptors (Lipinski definition) is 7. The van der Waals surface area contributed by atoms with Gasteiger partial charge < -0.3 is 9.47 Å². The van der Waals surface area contributed by atoms with E-state index in [-0.39, 0.29) is 0 Å². The molecule has 0 aliphatic heterocycles. The zero-order valence-corrected chi connectivity index (χ0v) is 17.3. The Hall–Kier alpha value is -3.52. The predicted molar refractivity (Wildman–Crippen MR) is 116 cm³/mol. The number of thiazole rings is 1. The van der Waals surface area contributed by atoms with Crippen molar-refractivity contribution in [3.05, 3.63) is 59.8 Å². The molecule has 0 saturated carbocycles. The first-order valence-corrected chi connectivity index (χ1v) is 10.2. The van der Waals surface area contributed by atoms with Gasteiger partial charge in [0.15, 0.2) is 11.7 Å². The Kier molecular flexibility index (Phi) is 5.58. The van der Waals surface area contributed by atoms with E-state index in [4.69, 9.17) is 9.47 Å². The minimum Gasteiger partial charge on any atom is -0.494 e. The average Bonchev–Trinajstić information content (AvgIpc) is 3.13. The molecule has 1 amide bonds. The summed E-state index contributed by atoms with van der Waals surface area (Å²) in [7, 11) is 0. The van der Waals surface area contributed by atoms with Crippen LogP contribution >= 0.6 is 11.3 Å². The van der Waals surface area contributed by atoms with E-state index in [0.717, 1.165) is 16.0 Å². The fourth-order valence-electron chi connectivity index (χ4n) is 3.06. The Bertz CT molecular complexity index is 1250. The lowest BCUT2D eigenvalue weighted by Crippen LogP contribution is -2.21. The lowest BCUT2D eigenvalue weighted by Gasteiger charge is -2.08. The second kappa shape index (κ2) is 8.46. The molecule has 0 radical (unpaired) electrons. The van der Waals surface area contributed by atoms with Gasteiger partial charge in [0.1, 0.15) is 5.75 Å². The normalized spacial score (nSPS) is 10.9. The Morgan fingerprint density at radius 3 is 2.73 bits per heavy atom. The number of carbonyl (C=O) groups excluding carboxylic acids is 2. The predicted octanol–water partition coefficient (Wildman–Crippen LogP) is 4.35. The number of para-hydroxylation sites is 1. The standard InChI is InChI=1S/C22H19N3O4S/c1-3-28-14-8-9-18-19(11-14)30-22(24-18)25-20(26)12-29-21(27)16-10-13(2)23-17-7-5-4-6-15(16)17/h4-11H,3,12H2,1-2H3,(H,24,25,26). The van der Waals surface area contributed by atoms with E-state index in [9.17, 15) is 9.59 Å². The van der Waals surface area contributed by atoms with Gasteiger partial charge in [-0.2, -0.15) is 0 Å². The van der Waals surface area contributed by atoms with Gasteiger partial charge in [0, 0.05) is 11.1 Å². The van der Waals surface area contributed by atoms with Gasteiger partial charge in [-0.15, -0.1) is 0 Å². The summed E-state index contributed by atoms with van der Waals surface area (Å²) in [5.74, 6) is -0.277. The number of aromatic nitrogens is 2. The minimum atomic E-state index is -0.572. The number of nitrogens with zero attached hydrogens (tertiary/aromatic N) is 2. The number of ether oxygens (including phenoxy) is 2. The summed E-state index contributed by atoms with van der Waals surface area (Å²) in [6.45, 7) is 3.89. The van der Waals surface area contributed by atoms with Crippen molar-refractivity contribution >= 4 is 49.5 Å². The van der Waals surface area contributed by atoms with Crippen LogP contribution in [0.5, 0.6) is 5.75 Å². The van der Waals surface area contributed by atoms with Gasteiger partial charge in [-0.3, -0.25) is 15.1 Å². The molecule has 0 aliphatic carbocycles. The summed E-state index contributed by atoms with van der Waals surface area (Å²) < 4.78 is 11.6. The maximum Gasteiger partial charge on any atom is 0.339 e. The van der Waals surface area contributed by atoms with E-state index in [2.05, 4.69) is 15.3 Å². The molecular formula is C22H19N3O4S. The van der Waals surface area contributed by atoms with Crippen LogP contribution in [0.25, 0.3) is 21.1 Å². The van der Waals surface area contributed by atoms with Gasteiger partial charge in [-0.1, -0.05) is 29.5 Å². The maximum absolute atomic E-state index is 12.6. The lowest BCUT2D eigenvalue weighted by atomic mass is 10.1. The number of amides is 1. The first-order valence-electron chi connectivity index (χ1n) is 9.40. The van der Waals surface area contributed by atoms with Gasteiger partial charge in [-0.05, 0) is 44.2 Å². The van der Waals surface area contributed by atoms with Gasteiger partial charge in [0.2, 0.25) is 0 Å². The molecule has 7 nitrogen and oxygen atoms in total. The number of anilines is 1. The third-order valence-electron chi connectivity index (χ3n) is 4.32. The molecule has 30 heavy (non-hydrogen) atoms. The zero-order chi connectivity index (χ0) is 21.1. The molecule has 2 aromatic carbocycles. The lowest BCUT2D eigenvalue weighted by molar-refractivity contribution is -0.119. The molecule has 0 atom stereocenters. The number of pyridine rings is 1. The number of hydrogen-bond donors (Lipinski definition) is 1. The van der Waals surface area contributed by atoms with Crippen molar-refractivity contribution in [1.29, 1.82) is 0 Å². The van der Waals surface area contributed by atoms with Crippen LogP contribution < -0.4 is 10.1 Å². The molecule has 0 aliphatic rings. The number of carbonyl (C=O) groups is 2. The van der Waals surface area contributed by atoms with Gasteiger partial charge in [0.25, 0.3) is 5.91 Å². The smallest absolute Gasteiger partial charge is 0.339 e. The molecule has 152 valence electrons. The molecule has 4 aromatic rings. The molecule has 0 fully saturated rings. The second-order valence-corrected chi connectivity index (χ2v) is 7.56. The summed E-state index contributed by atoms with van der Waals surface area (Å²) in [6, 6.07) is 14.5. The van der Waals surface area contributed by atoms with Crippen LogP contribution in [-0.2, 0) is 9.53 Å². The van der Waals surface area contributed by atoms with Crippen molar-refractivity contribution < 1.29 is 19.1 Å². The quantitative estimate of drug-likeness (QED) is 0.466. The number of esters is 1. The summed E-state index contributed by atoms with van der Waals surface area (Å²) in [5, 5.41) is 3.80. The van der Waals surface area contributed by atoms with Crippen molar-refractivity contribution in [2.24, 2.45) is 0 Å². The number of fused-ring (bicyclic) bond motifs is 2. The Morgan fingerprint density at radius 2 is 1.90 bits per heavy atom. The van der Waals surface area contributed by atoms with Crippen LogP contribution in [0, 0.1) is 6.92 Å². The van der Waals surface area contributed by atoms with Crippen molar-refractivity contribution in [1.82, 2.24) is 9.97 Å². The van der Waals surface area contributed by atoms with E-state index in [1.807, 2.05) is 43.3 Å². The fourth-order valence-corrected chi connectivity index (χ4v) is 3.97. The Labute approximate surface area is 176 Å². The highest BCUT2D eigenvalue weighted by molar-refractivity contribution is 7.22. The van der Waals surface area contributed by atoms with Crippen LogP contribution in [0.3, 0.4) is 0 Å². The minimum absolute atomic E-state index is 0.384. The summed E-state index contributed by atoms with van der Waals surface area (Å²) in [4.78, 5) is 33.6.